The molecule has 1 N–H and O–H groups in total. The number of benzene rings is 2. The van der Waals surface area contributed by atoms with E-state index >= 15 is 0 Å². The predicted molar refractivity (Wildman–Crippen MR) is 125 cm³/mol. The molecule has 6 heteroatoms. The topological polar surface area (TPSA) is 67.2 Å². The molecule has 2 aromatic carbocycles. The fourth-order valence-electron chi connectivity index (χ4n) is 4.02. The third-order valence-electron chi connectivity index (χ3n) is 5.82. The number of aromatic nitrogens is 2. The maximum atomic E-state index is 12.9. The van der Waals surface area contributed by atoms with Crippen LogP contribution in [-0.4, -0.2) is 35.1 Å². The molecule has 0 unspecified atom stereocenters. The lowest BCUT2D eigenvalue weighted by Crippen LogP contribution is -2.35. The van der Waals surface area contributed by atoms with Crippen molar-refractivity contribution in [3.63, 3.8) is 0 Å². The fourth-order valence-corrected chi connectivity index (χ4v) is 4.02. The molecule has 1 saturated carbocycles. The molecule has 1 aliphatic carbocycles. The van der Waals surface area contributed by atoms with Crippen LogP contribution in [0.2, 0.25) is 0 Å². The highest BCUT2D eigenvalue weighted by molar-refractivity contribution is 5.78. The van der Waals surface area contributed by atoms with Crippen LogP contribution in [0.15, 0.2) is 53.3 Å². The summed E-state index contributed by atoms with van der Waals surface area (Å²) >= 11 is 0. The minimum atomic E-state index is -0.00921. The molecular weight excluding hydrogens is 388 g/mol. The molecule has 0 radical (unpaired) electrons. The summed E-state index contributed by atoms with van der Waals surface area (Å²) in [5, 5.41) is 3.67. The number of nitrogens with zero attached hydrogens (tertiary/aromatic N) is 3. The van der Waals surface area contributed by atoms with Gasteiger partial charge in [-0.15, -0.1) is 0 Å². The zero-order valence-corrected chi connectivity index (χ0v) is 18.3. The lowest BCUT2D eigenvalue weighted by Gasteiger charge is -2.23. The van der Waals surface area contributed by atoms with Crippen molar-refractivity contribution in [2.75, 3.05) is 24.5 Å². The molecule has 0 saturated heterocycles. The summed E-state index contributed by atoms with van der Waals surface area (Å²) in [6, 6.07) is 16.1. The summed E-state index contributed by atoms with van der Waals surface area (Å²) in [7, 11) is 0. The van der Waals surface area contributed by atoms with Crippen molar-refractivity contribution < 1.29 is 4.79 Å². The number of nitrogens with one attached hydrogen (secondary N) is 1. The van der Waals surface area contributed by atoms with Gasteiger partial charge < -0.3 is 10.2 Å². The number of anilines is 1. The molecule has 162 valence electrons. The first kappa shape index (κ1) is 21.1. The maximum Gasteiger partial charge on any atom is 0.261 e. The number of likely N-dealkylation sites (N-methyl/N-ethyl adjacent to an activating group) is 1. The van der Waals surface area contributed by atoms with Gasteiger partial charge in [0.2, 0.25) is 5.91 Å². The molecule has 1 amide bonds. The Kier molecular flexibility index (Phi) is 6.35. The zero-order chi connectivity index (χ0) is 21.8. The normalized spacial score (nSPS) is 13.4. The van der Waals surface area contributed by atoms with E-state index in [1.807, 2.05) is 28.8 Å². The second-order valence-corrected chi connectivity index (χ2v) is 8.22. The molecule has 0 atom stereocenters. The van der Waals surface area contributed by atoms with Crippen molar-refractivity contribution in [1.82, 2.24) is 14.9 Å². The van der Waals surface area contributed by atoms with Gasteiger partial charge in [0.05, 0.1) is 10.9 Å². The van der Waals surface area contributed by atoms with Gasteiger partial charge in [-0.05, 0) is 56.5 Å². The Morgan fingerprint density at radius 2 is 2.00 bits per heavy atom. The summed E-state index contributed by atoms with van der Waals surface area (Å²) in [6.07, 6.45) is 2.81. The maximum absolute atomic E-state index is 12.9. The van der Waals surface area contributed by atoms with Gasteiger partial charge >= 0.3 is 0 Å². The molecule has 1 fully saturated rings. The minimum Gasteiger partial charge on any atom is -0.370 e. The van der Waals surface area contributed by atoms with E-state index in [1.165, 1.54) is 11.3 Å². The van der Waals surface area contributed by atoms with E-state index in [-0.39, 0.29) is 17.5 Å². The average Bonchev–Trinajstić information content (AvgIpc) is 3.60. The molecule has 1 aromatic heterocycles. The Morgan fingerprint density at radius 1 is 1.19 bits per heavy atom. The Bertz CT molecular complexity index is 1130. The van der Waals surface area contributed by atoms with E-state index in [2.05, 4.69) is 48.3 Å². The molecule has 0 spiro atoms. The molecular formula is C25H30N4O2. The van der Waals surface area contributed by atoms with Gasteiger partial charge in [0.25, 0.3) is 5.56 Å². The van der Waals surface area contributed by atoms with E-state index in [1.54, 1.807) is 0 Å². The summed E-state index contributed by atoms with van der Waals surface area (Å²) in [4.78, 5) is 32.4. The van der Waals surface area contributed by atoms with Gasteiger partial charge in [-0.3, -0.25) is 14.2 Å². The van der Waals surface area contributed by atoms with E-state index in [0.717, 1.165) is 31.8 Å². The van der Waals surface area contributed by atoms with Gasteiger partial charge in [-0.25, -0.2) is 4.98 Å². The Hall–Kier alpha value is -3.15. The number of amides is 1. The SMILES string of the molecule is CCN(CCNC(=O)CCc1nc2ccccc2c(=O)n1C1CC1)c1cccc(C)c1. The summed E-state index contributed by atoms with van der Waals surface area (Å²) in [6.45, 7) is 6.43. The van der Waals surface area contributed by atoms with E-state index in [9.17, 15) is 9.59 Å². The summed E-state index contributed by atoms with van der Waals surface area (Å²) in [5.74, 6) is 0.710. The molecule has 4 rings (SSSR count). The van der Waals surface area contributed by atoms with Crippen molar-refractivity contribution >= 4 is 22.5 Å². The van der Waals surface area contributed by atoms with Crippen LogP contribution in [-0.2, 0) is 11.2 Å². The molecule has 0 aliphatic heterocycles. The number of carbonyl (C=O) groups excluding carboxylic acids is 1. The first-order chi connectivity index (χ1) is 15.1. The van der Waals surface area contributed by atoms with Crippen LogP contribution in [0.3, 0.4) is 0 Å². The van der Waals surface area contributed by atoms with Crippen molar-refractivity contribution in [3.8, 4) is 0 Å². The van der Waals surface area contributed by atoms with E-state index in [4.69, 9.17) is 4.98 Å². The van der Waals surface area contributed by atoms with Crippen molar-refractivity contribution in [2.45, 2.75) is 45.6 Å². The second-order valence-electron chi connectivity index (χ2n) is 8.22. The van der Waals surface area contributed by atoms with Crippen molar-refractivity contribution in [1.29, 1.82) is 0 Å². The van der Waals surface area contributed by atoms with Crippen LogP contribution in [0, 0.1) is 6.92 Å². The van der Waals surface area contributed by atoms with E-state index in [0.29, 0.717) is 30.3 Å². The highest BCUT2D eigenvalue weighted by atomic mass is 16.1. The van der Waals surface area contributed by atoms with Gasteiger partial charge in [0.1, 0.15) is 5.82 Å². The van der Waals surface area contributed by atoms with Crippen LogP contribution >= 0.6 is 0 Å². The lowest BCUT2D eigenvalue weighted by molar-refractivity contribution is -0.121. The molecule has 3 aromatic rings. The van der Waals surface area contributed by atoms with Crippen LogP contribution in [0.1, 0.15) is 43.6 Å². The van der Waals surface area contributed by atoms with Gasteiger partial charge in [0.15, 0.2) is 0 Å². The molecule has 1 aliphatic rings. The monoisotopic (exact) mass is 418 g/mol. The van der Waals surface area contributed by atoms with Gasteiger partial charge in [-0.2, -0.15) is 0 Å². The number of aryl methyl sites for hydroxylation is 2. The predicted octanol–water partition coefficient (Wildman–Crippen LogP) is 3.62. The van der Waals surface area contributed by atoms with Crippen LogP contribution in [0.4, 0.5) is 5.69 Å². The average molecular weight is 419 g/mol. The number of hydrogen-bond acceptors (Lipinski definition) is 4. The quantitative estimate of drug-likeness (QED) is 0.576. The van der Waals surface area contributed by atoms with Crippen LogP contribution in [0.5, 0.6) is 0 Å². The van der Waals surface area contributed by atoms with Crippen molar-refractivity contribution in [3.05, 3.63) is 70.3 Å². The number of fused-ring (bicyclic) bond motifs is 1. The Balaban J connectivity index is 1.36. The Morgan fingerprint density at radius 3 is 2.74 bits per heavy atom. The number of hydrogen-bond donors (Lipinski definition) is 1. The minimum absolute atomic E-state index is 0.00921. The third kappa shape index (κ3) is 4.95. The highest BCUT2D eigenvalue weighted by Gasteiger charge is 2.28. The van der Waals surface area contributed by atoms with Crippen LogP contribution in [0.25, 0.3) is 10.9 Å². The number of rotatable bonds is 9. The molecule has 0 bridgehead atoms. The third-order valence-corrected chi connectivity index (χ3v) is 5.82. The van der Waals surface area contributed by atoms with Crippen LogP contribution < -0.4 is 15.8 Å². The number of para-hydroxylation sites is 1. The van der Waals surface area contributed by atoms with Gasteiger partial charge in [0, 0.05) is 44.2 Å². The standard InChI is InChI=1S/C25H30N4O2/c1-3-28(20-8-6-7-18(2)17-20)16-15-26-24(30)14-13-23-27-22-10-5-4-9-21(22)25(31)29(23)19-11-12-19/h4-10,17,19H,3,11-16H2,1-2H3,(H,26,30). The summed E-state index contributed by atoms with van der Waals surface area (Å²) < 4.78 is 1.81. The lowest BCUT2D eigenvalue weighted by atomic mass is 10.2. The smallest absolute Gasteiger partial charge is 0.261 e. The summed E-state index contributed by atoms with van der Waals surface area (Å²) in [5.41, 5.74) is 3.12. The fraction of sp³-hybridized carbons (Fsp3) is 0.400. The largest absolute Gasteiger partial charge is 0.370 e. The first-order valence-corrected chi connectivity index (χ1v) is 11.1. The number of carbonyl (C=O) groups is 1. The molecule has 31 heavy (non-hydrogen) atoms. The first-order valence-electron chi connectivity index (χ1n) is 11.1. The molecule has 1 heterocycles. The highest BCUT2D eigenvalue weighted by Crippen LogP contribution is 2.34. The van der Waals surface area contributed by atoms with Crippen molar-refractivity contribution in [2.24, 2.45) is 0 Å². The Labute approximate surface area is 182 Å². The van der Waals surface area contributed by atoms with E-state index < -0.39 is 0 Å². The molecule has 6 nitrogen and oxygen atoms in total. The van der Waals surface area contributed by atoms with Gasteiger partial charge in [-0.1, -0.05) is 24.3 Å². The second kappa shape index (κ2) is 9.33. The zero-order valence-electron chi connectivity index (χ0n) is 18.3.